The van der Waals surface area contributed by atoms with Crippen LogP contribution in [0.3, 0.4) is 0 Å². The van der Waals surface area contributed by atoms with Crippen LogP contribution in [-0.4, -0.2) is 33.5 Å². The molecule has 1 aliphatic rings. The predicted molar refractivity (Wildman–Crippen MR) is 97.1 cm³/mol. The third kappa shape index (κ3) is 3.49. The minimum atomic E-state index is -3.29. The van der Waals surface area contributed by atoms with Gasteiger partial charge in [0.25, 0.3) is 5.92 Å². The van der Waals surface area contributed by atoms with Crippen molar-refractivity contribution < 1.29 is 38.4 Å². The van der Waals surface area contributed by atoms with Gasteiger partial charge in [0.15, 0.2) is 23.1 Å². The van der Waals surface area contributed by atoms with E-state index < -0.39 is 74.3 Å². The summed E-state index contributed by atoms with van der Waals surface area (Å²) in [5.74, 6) is -8.73. The zero-order valence-corrected chi connectivity index (χ0v) is 16.7. The molecule has 0 aromatic heterocycles. The molecule has 2 rings (SSSR count). The Morgan fingerprint density at radius 2 is 1.55 bits per heavy atom. The van der Waals surface area contributed by atoms with Gasteiger partial charge in [0.2, 0.25) is 0 Å². The highest BCUT2D eigenvalue weighted by Crippen LogP contribution is 2.43. The molecule has 1 fully saturated rings. The number of carbonyl (C=O) groups excluding carboxylic acids is 4. The van der Waals surface area contributed by atoms with Crippen LogP contribution in [0.2, 0.25) is 0 Å². The van der Waals surface area contributed by atoms with E-state index in [1.54, 1.807) is 0 Å². The molecule has 0 atom stereocenters. The van der Waals surface area contributed by atoms with Crippen LogP contribution in [0.15, 0.2) is 18.2 Å². The molecular weight excluding hydrogens is 388 g/mol. The molecule has 9 heteroatoms. The first-order chi connectivity index (χ1) is 13.1. The van der Waals surface area contributed by atoms with Gasteiger partial charge < -0.3 is 0 Å². The maximum atomic E-state index is 14.0. The summed E-state index contributed by atoms with van der Waals surface area (Å²) in [6.07, 6.45) is -0.569. The fourth-order valence-corrected chi connectivity index (χ4v) is 3.58. The first-order valence-electron chi connectivity index (χ1n) is 8.98. The van der Waals surface area contributed by atoms with Crippen molar-refractivity contribution >= 4 is 28.8 Å². The number of ketones is 4. The molecule has 0 heterocycles. The Morgan fingerprint density at radius 1 is 1.07 bits per heavy atom. The zero-order valence-electron chi connectivity index (χ0n) is 16.7. The molecule has 2 N–H and O–H groups in total. The van der Waals surface area contributed by atoms with Gasteiger partial charge in [0.05, 0.1) is 10.8 Å². The summed E-state index contributed by atoms with van der Waals surface area (Å²) in [5, 5.41) is 18.4. The van der Waals surface area contributed by atoms with Gasteiger partial charge in [-0.2, -0.15) is 0 Å². The second kappa shape index (κ2) is 7.07. The van der Waals surface area contributed by atoms with Crippen LogP contribution in [-0.2, 0) is 20.3 Å². The van der Waals surface area contributed by atoms with Crippen LogP contribution in [0.25, 0.3) is 0 Å². The second-order valence-corrected chi connectivity index (χ2v) is 8.18. The summed E-state index contributed by atoms with van der Waals surface area (Å²) in [6, 6.07) is 2.53. The Morgan fingerprint density at radius 3 is 1.97 bits per heavy atom. The molecular formula is C20H23F2NO6. The van der Waals surface area contributed by atoms with Crippen molar-refractivity contribution in [1.82, 2.24) is 0 Å². The van der Waals surface area contributed by atoms with Crippen molar-refractivity contribution in [2.45, 2.75) is 47.0 Å². The molecule has 158 valence electrons. The number of carbonyl (C=O) groups is 4. The predicted octanol–water partition coefficient (Wildman–Crippen LogP) is 3.35. The lowest BCUT2D eigenvalue weighted by atomic mass is 9.57. The number of benzene rings is 1. The van der Waals surface area contributed by atoms with E-state index in [2.05, 4.69) is 0 Å². The summed E-state index contributed by atoms with van der Waals surface area (Å²) in [6.45, 7) is 6.46. The Balaban J connectivity index is 2.63. The normalized spacial score (nSPS) is 19.4. The number of rotatable bonds is 5. The molecule has 1 aromatic carbocycles. The highest BCUT2D eigenvalue weighted by atomic mass is 19.3. The number of hydrogen-bond donors (Lipinski definition) is 2. The molecule has 0 radical (unpaired) electrons. The summed E-state index contributed by atoms with van der Waals surface area (Å²) in [4.78, 5) is 51.2. The van der Waals surface area contributed by atoms with Gasteiger partial charge in [-0.3, -0.25) is 29.6 Å². The summed E-state index contributed by atoms with van der Waals surface area (Å²) < 4.78 is 27.9. The van der Waals surface area contributed by atoms with Gasteiger partial charge in [-0.25, -0.2) is 8.78 Å². The molecule has 1 saturated carbocycles. The third-order valence-electron chi connectivity index (χ3n) is 5.50. The Hall–Kier alpha value is -2.52. The zero-order chi connectivity index (χ0) is 22.5. The molecule has 29 heavy (non-hydrogen) atoms. The molecule has 7 nitrogen and oxygen atoms in total. The molecule has 0 aliphatic heterocycles. The largest absolute Gasteiger partial charge is 0.297 e. The summed E-state index contributed by atoms with van der Waals surface area (Å²) in [5.41, 5.74) is -5.01. The Kier molecular flexibility index (Phi) is 5.55. The van der Waals surface area contributed by atoms with Gasteiger partial charge in [-0.1, -0.05) is 13.0 Å². The SMILES string of the molecule is CCC(F)(F)c1ccc(C(=O)C2C(=O)C(C)(C)C(=O)C(C)(C)C2=O)c(N(O)O)c1. The van der Waals surface area contributed by atoms with Crippen LogP contribution >= 0.6 is 0 Å². The van der Waals surface area contributed by atoms with Crippen molar-refractivity contribution in [3.8, 4) is 0 Å². The molecule has 0 bridgehead atoms. The minimum Gasteiger partial charge on any atom is -0.297 e. The lowest BCUT2D eigenvalue weighted by molar-refractivity contribution is -0.158. The first kappa shape index (κ1) is 22.8. The lowest BCUT2D eigenvalue weighted by Crippen LogP contribution is -2.59. The fourth-order valence-electron chi connectivity index (χ4n) is 3.58. The monoisotopic (exact) mass is 411 g/mol. The van der Waals surface area contributed by atoms with Gasteiger partial charge in [0.1, 0.15) is 11.6 Å². The number of Topliss-reactive ketones (excluding diaryl/α,β-unsaturated/α-hetero) is 4. The smallest absolute Gasteiger partial charge is 0.273 e. The summed E-state index contributed by atoms with van der Waals surface area (Å²) >= 11 is 0. The van der Waals surface area contributed by atoms with Gasteiger partial charge >= 0.3 is 0 Å². The van der Waals surface area contributed by atoms with Crippen LogP contribution in [0, 0.1) is 16.7 Å². The highest BCUT2D eigenvalue weighted by Gasteiger charge is 2.60. The average Bonchev–Trinajstić information content (AvgIpc) is 2.65. The second-order valence-electron chi connectivity index (χ2n) is 8.18. The average molecular weight is 411 g/mol. The standard InChI is InChI=1S/C20H23F2NO6/c1-6-20(21,22)10-7-8-11(12(9-10)23(28)29)14(24)13-15(25)18(2,3)17(27)19(4,5)16(13)26/h7-9,13,28-29H,6H2,1-5H3. The molecule has 0 spiro atoms. The Bertz CT molecular complexity index is 874. The van der Waals surface area contributed by atoms with E-state index in [0.717, 1.165) is 12.1 Å². The summed E-state index contributed by atoms with van der Waals surface area (Å²) in [7, 11) is 0. The number of hydrogen-bond acceptors (Lipinski definition) is 7. The number of halogens is 2. The quantitative estimate of drug-likeness (QED) is 0.434. The van der Waals surface area contributed by atoms with E-state index in [9.17, 15) is 38.4 Å². The van der Waals surface area contributed by atoms with Gasteiger partial charge in [0, 0.05) is 17.5 Å². The van der Waals surface area contributed by atoms with E-state index in [-0.39, 0.29) is 0 Å². The molecule has 1 aromatic rings. The number of nitrogens with zero attached hydrogens (tertiary/aromatic N) is 1. The molecule has 0 amide bonds. The van der Waals surface area contributed by atoms with Crippen molar-refractivity contribution in [3.05, 3.63) is 29.3 Å². The van der Waals surface area contributed by atoms with Crippen molar-refractivity contribution in [2.75, 3.05) is 5.23 Å². The van der Waals surface area contributed by atoms with Crippen LogP contribution in [0.4, 0.5) is 14.5 Å². The van der Waals surface area contributed by atoms with Crippen molar-refractivity contribution in [1.29, 1.82) is 0 Å². The maximum Gasteiger partial charge on any atom is 0.273 e. The van der Waals surface area contributed by atoms with Crippen molar-refractivity contribution in [3.63, 3.8) is 0 Å². The van der Waals surface area contributed by atoms with Crippen LogP contribution in [0.1, 0.15) is 57.0 Å². The van der Waals surface area contributed by atoms with E-state index in [4.69, 9.17) is 0 Å². The fraction of sp³-hybridized carbons (Fsp3) is 0.500. The molecule has 1 aliphatic carbocycles. The molecule has 0 unspecified atom stereocenters. The van der Waals surface area contributed by atoms with Crippen LogP contribution in [0.5, 0.6) is 0 Å². The topological polar surface area (TPSA) is 112 Å². The third-order valence-corrected chi connectivity index (χ3v) is 5.50. The Labute approximate surface area is 166 Å². The van der Waals surface area contributed by atoms with Crippen molar-refractivity contribution in [2.24, 2.45) is 16.7 Å². The van der Waals surface area contributed by atoms with Gasteiger partial charge in [-0.05, 0) is 39.8 Å². The van der Waals surface area contributed by atoms with Crippen LogP contribution < -0.4 is 5.23 Å². The van der Waals surface area contributed by atoms with E-state index in [1.807, 2.05) is 0 Å². The number of anilines is 1. The lowest BCUT2D eigenvalue weighted by Gasteiger charge is -2.40. The highest BCUT2D eigenvalue weighted by molar-refractivity contribution is 6.37. The van der Waals surface area contributed by atoms with E-state index in [0.29, 0.717) is 6.07 Å². The maximum absolute atomic E-state index is 14.0. The minimum absolute atomic E-state index is 0.502. The van der Waals surface area contributed by atoms with E-state index in [1.165, 1.54) is 34.6 Å². The van der Waals surface area contributed by atoms with Gasteiger partial charge in [-0.15, -0.1) is 5.23 Å². The first-order valence-corrected chi connectivity index (χ1v) is 8.98. The molecule has 0 saturated heterocycles. The van der Waals surface area contributed by atoms with E-state index >= 15 is 0 Å². The number of alkyl halides is 2.